The Morgan fingerprint density at radius 1 is 1.41 bits per heavy atom. The van der Waals surface area contributed by atoms with E-state index in [-0.39, 0.29) is 11.0 Å². The number of fused-ring (bicyclic) bond motifs is 2. The summed E-state index contributed by atoms with van der Waals surface area (Å²) in [4.78, 5) is 22.3. The van der Waals surface area contributed by atoms with Gasteiger partial charge in [0.05, 0.1) is 5.56 Å². The number of hydrogen-bond donors (Lipinski definition) is 1. The smallest absolute Gasteiger partial charge is 0.300 e. The van der Waals surface area contributed by atoms with Gasteiger partial charge in [-0.05, 0) is 31.4 Å². The summed E-state index contributed by atoms with van der Waals surface area (Å²) >= 11 is 0. The molecular weight excluding hydrogens is 343 g/mol. The number of likely N-dealkylation sites (tertiary alicyclic amines) is 1. The number of hydrogen-bond acceptors (Lipinski definition) is 3. The van der Waals surface area contributed by atoms with Crippen LogP contribution < -0.4 is 5.32 Å². The Bertz CT molecular complexity index is 992. The molecule has 27 heavy (non-hydrogen) atoms. The SMILES string of the molecule is [C-]#[N+]C1CCCN1C(=O)c1cccc(-c2cnc3c(c2)C2(CC2)CN3)c1F. The highest BCUT2D eigenvalue weighted by Crippen LogP contribution is 2.54. The molecule has 136 valence electrons. The molecule has 1 aromatic carbocycles. The Morgan fingerprint density at radius 2 is 2.26 bits per heavy atom. The minimum absolute atomic E-state index is 0.0304. The molecule has 2 fully saturated rings. The molecule has 1 N–H and O–H groups in total. The second-order valence-corrected chi connectivity index (χ2v) is 7.67. The van der Waals surface area contributed by atoms with Crippen LogP contribution in [0.4, 0.5) is 10.2 Å². The quantitative estimate of drug-likeness (QED) is 0.826. The van der Waals surface area contributed by atoms with Gasteiger partial charge in [-0.15, -0.1) is 0 Å². The van der Waals surface area contributed by atoms with Gasteiger partial charge in [-0.2, -0.15) is 0 Å². The molecule has 1 saturated heterocycles. The lowest BCUT2D eigenvalue weighted by Gasteiger charge is -2.17. The highest BCUT2D eigenvalue weighted by Gasteiger charge is 2.49. The predicted molar refractivity (Wildman–Crippen MR) is 99.7 cm³/mol. The number of amides is 1. The summed E-state index contributed by atoms with van der Waals surface area (Å²) in [6.07, 6.45) is 4.88. The number of carbonyl (C=O) groups excluding carboxylic acids is 1. The molecule has 1 atom stereocenters. The van der Waals surface area contributed by atoms with Gasteiger partial charge >= 0.3 is 6.17 Å². The molecule has 6 heteroatoms. The first kappa shape index (κ1) is 16.2. The Kier molecular flexibility index (Phi) is 3.48. The zero-order valence-corrected chi connectivity index (χ0v) is 14.8. The third-order valence-corrected chi connectivity index (χ3v) is 6.08. The Morgan fingerprint density at radius 3 is 3.04 bits per heavy atom. The van der Waals surface area contributed by atoms with E-state index in [1.54, 1.807) is 18.3 Å². The van der Waals surface area contributed by atoms with E-state index in [0.717, 1.165) is 37.2 Å². The average Bonchev–Trinajstić information content (AvgIpc) is 3.17. The third-order valence-electron chi connectivity index (χ3n) is 6.08. The third kappa shape index (κ3) is 2.42. The molecule has 1 unspecified atom stereocenters. The van der Waals surface area contributed by atoms with Gasteiger partial charge in [0.15, 0.2) is 0 Å². The summed E-state index contributed by atoms with van der Waals surface area (Å²) in [5.74, 6) is -0.0427. The molecule has 1 saturated carbocycles. The van der Waals surface area contributed by atoms with Crippen LogP contribution in [0.25, 0.3) is 16.0 Å². The first-order valence-corrected chi connectivity index (χ1v) is 9.34. The number of carbonyl (C=O) groups is 1. The fraction of sp³-hybridized carbons (Fsp3) is 0.381. The Balaban J connectivity index is 1.53. The first-order valence-electron chi connectivity index (χ1n) is 9.34. The van der Waals surface area contributed by atoms with Crippen molar-refractivity contribution >= 4 is 11.7 Å². The molecule has 1 spiro atoms. The number of nitrogens with zero attached hydrogens (tertiary/aromatic N) is 3. The van der Waals surface area contributed by atoms with Gasteiger partial charge in [-0.3, -0.25) is 14.5 Å². The van der Waals surface area contributed by atoms with Gasteiger partial charge < -0.3 is 5.32 Å². The van der Waals surface area contributed by atoms with Crippen LogP contribution in [-0.4, -0.2) is 35.0 Å². The number of aromatic nitrogens is 1. The van der Waals surface area contributed by atoms with E-state index >= 15 is 4.39 Å². The van der Waals surface area contributed by atoms with Crippen LogP contribution in [0, 0.1) is 12.4 Å². The minimum Gasteiger partial charge on any atom is -0.369 e. The van der Waals surface area contributed by atoms with E-state index < -0.39 is 17.9 Å². The van der Waals surface area contributed by atoms with Crippen molar-refractivity contribution in [2.45, 2.75) is 37.3 Å². The molecule has 5 nitrogen and oxygen atoms in total. The Hall–Kier alpha value is -2.94. The maximum atomic E-state index is 15.3. The molecule has 3 heterocycles. The maximum Gasteiger partial charge on any atom is 0.300 e. The topological polar surface area (TPSA) is 49.6 Å². The molecule has 3 aliphatic rings. The maximum absolute atomic E-state index is 15.3. The van der Waals surface area contributed by atoms with Crippen molar-refractivity contribution in [2.75, 3.05) is 18.4 Å². The van der Waals surface area contributed by atoms with E-state index in [1.807, 2.05) is 6.07 Å². The van der Waals surface area contributed by atoms with E-state index in [4.69, 9.17) is 6.57 Å². The van der Waals surface area contributed by atoms with Crippen LogP contribution in [-0.2, 0) is 5.41 Å². The van der Waals surface area contributed by atoms with Gasteiger partial charge in [0.1, 0.15) is 11.6 Å². The van der Waals surface area contributed by atoms with Crippen molar-refractivity contribution in [1.82, 2.24) is 9.88 Å². The van der Waals surface area contributed by atoms with Crippen molar-refractivity contribution in [3.63, 3.8) is 0 Å². The van der Waals surface area contributed by atoms with Crippen LogP contribution in [0.1, 0.15) is 41.6 Å². The van der Waals surface area contributed by atoms with Gasteiger partial charge in [0.25, 0.3) is 5.91 Å². The predicted octanol–water partition coefficient (Wildman–Crippen LogP) is 3.83. The van der Waals surface area contributed by atoms with E-state index in [1.165, 1.54) is 11.0 Å². The standard InChI is InChI=1S/C21H19FN4O/c1-23-17-6-3-9-26(17)20(27)15-5-2-4-14(18(15)22)13-10-16-19(24-11-13)25-12-21(16)7-8-21/h2,4-5,10-11,17H,3,6-9,12H2,(H,24,25). The molecule has 2 aromatic rings. The number of rotatable bonds is 2. The highest BCUT2D eigenvalue weighted by molar-refractivity contribution is 5.96. The summed E-state index contributed by atoms with van der Waals surface area (Å²) in [7, 11) is 0. The monoisotopic (exact) mass is 362 g/mol. The second-order valence-electron chi connectivity index (χ2n) is 7.67. The summed E-state index contributed by atoms with van der Waals surface area (Å²) in [5, 5.41) is 3.33. The van der Waals surface area contributed by atoms with Crippen molar-refractivity contribution in [1.29, 1.82) is 0 Å². The number of pyridine rings is 1. The Labute approximate surface area is 157 Å². The zero-order chi connectivity index (χ0) is 18.6. The number of halogens is 1. The van der Waals surface area contributed by atoms with Gasteiger partial charge in [0.2, 0.25) is 0 Å². The van der Waals surface area contributed by atoms with Crippen LogP contribution in [0.15, 0.2) is 30.5 Å². The number of benzene rings is 1. The fourth-order valence-corrected chi connectivity index (χ4v) is 4.30. The van der Waals surface area contributed by atoms with Crippen molar-refractivity contribution in [3.8, 4) is 11.1 Å². The van der Waals surface area contributed by atoms with Gasteiger partial charge in [0, 0.05) is 47.8 Å². The summed E-state index contributed by atoms with van der Waals surface area (Å²) in [5.41, 5.74) is 2.43. The molecule has 5 rings (SSSR count). The first-order chi connectivity index (χ1) is 13.1. The molecule has 1 aromatic heterocycles. The summed E-state index contributed by atoms with van der Waals surface area (Å²) < 4.78 is 15.3. The minimum atomic E-state index is -0.532. The van der Waals surface area contributed by atoms with Crippen molar-refractivity contribution in [3.05, 3.63) is 58.8 Å². The molecule has 2 aliphatic heterocycles. The largest absolute Gasteiger partial charge is 0.369 e. The lowest BCUT2D eigenvalue weighted by molar-refractivity contribution is 0.0756. The number of anilines is 1. The normalized spacial score (nSPS) is 21.6. The lowest BCUT2D eigenvalue weighted by atomic mass is 9.96. The van der Waals surface area contributed by atoms with E-state index in [9.17, 15) is 4.79 Å². The average molecular weight is 362 g/mol. The zero-order valence-electron chi connectivity index (χ0n) is 14.8. The fourth-order valence-electron chi connectivity index (χ4n) is 4.30. The van der Waals surface area contributed by atoms with E-state index in [0.29, 0.717) is 24.1 Å². The highest BCUT2D eigenvalue weighted by atomic mass is 19.1. The number of nitrogens with one attached hydrogen (secondary N) is 1. The molecule has 0 bridgehead atoms. The molecule has 1 amide bonds. The van der Waals surface area contributed by atoms with Crippen LogP contribution in [0.3, 0.4) is 0 Å². The van der Waals surface area contributed by atoms with Crippen molar-refractivity contribution in [2.24, 2.45) is 0 Å². The summed E-state index contributed by atoms with van der Waals surface area (Å²) in [6, 6.07) is 6.91. The molecule has 1 aliphatic carbocycles. The van der Waals surface area contributed by atoms with E-state index in [2.05, 4.69) is 15.1 Å². The lowest BCUT2D eigenvalue weighted by Crippen LogP contribution is -2.34. The van der Waals surface area contributed by atoms with Crippen LogP contribution in [0.5, 0.6) is 0 Å². The molecule has 0 radical (unpaired) electrons. The van der Waals surface area contributed by atoms with Crippen LogP contribution in [0.2, 0.25) is 0 Å². The second kappa shape index (κ2) is 5.78. The molecular formula is C21H19FN4O. The van der Waals surface area contributed by atoms with Gasteiger partial charge in [-0.25, -0.2) is 15.9 Å². The van der Waals surface area contributed by atoms with Gasteiger partial charge in [-0.1, -0.05) is 12.1 Å². The summed E-state index contributed by atoms with van der Waals surface area (Å²) in [6.45, 7) is 8.65. The van der Waals surface area contributed by atoms with Crippen LogP contribution >= 0.6 is 0 Å². The van der Waals surface area contributed by atoms with Crippen molar-refractivity contribution < 1.29 is 9.18 Å².